The number of rotatable bonds is 3. The Kier molecular flexibility index (Phi) is 3.82. The second-order valence-electron chi connectivity index (χ2n) is 5.78. The zero-order valence-corrected chi connectivity index (χ0v) is 14.0. The lowest BCUT2D eigenvalue weighted by Gasteiger charge is -2.12. The van der Waals surface area contributed by atoms with Crippen molar-refractivity contribution in [2.75, 3.05) is 0 Å². The molecule has 2 heterocycles. The number of hydrogen-bond acceptors (Lipinski definition) is 3. The van der Waals surface area contributed by atoms with Crippen molar-refractivity contribution in [1.82, 2.24) is 9.97 Å². The predicted molar refractivity (Wildman–Crippen MR) is 106 cm³/mol. The number of hydrogen-bond donors (Lipinski definition) is 0. The highest BCUT2D eigenvalue weighted by atomic mass is 14.8. The second kappa shape index (κ2) is 6.29. The summed E-state index contributed by atoms with van der Waals surface area (Å²) in [6.07, 6.45) is 5.81. The highest BCUT2D eigenvalue weighted by molar-refractivity contribution is 6.14. The lowest BCUT2D eigenvalue weighted by molar-refractivity contribution is 1.37. The first-order valence-electron chi connectivity index (χ1n) is 8.19. The third kappa shape index (κ3) is 2.50. The van der Waals surface area contributed by atoms with Crippen LogP contribution in [0.3, 0.4) is 0 Å². The lowest BCUT2D eigenvalue weighted by Crippen LogP contribution is -1.92. The van der Waals surface area contributed by atoms with E-state index in [9.17, 15) is 0 Å². The molecule has 0 saturated carbocycles. The molecular weight excluding hydrogens is 306 g/mol. The molecule has 2 aromatic carbocycles. The van der Waals surface area contributed by atoms with E-state index in [-0.39, 0.29) is 0 Å². The van der Waals surface area contributed by atoms with Gasteiger partial charge < -0.3 is 0 Å². The van der Waals surface area contributed by atoms with Gasteiger partial charge in [-0.15, -0.1) is 0 Å². The van der Waals surface area contributed by atoms with Crippen molar-refractivity contribution in [3.63, 3.8) is 0 Å². The zero-order valence-electron chi connectivity index (χ0n) is 14.0. The van der Waals surface area contributed by atoms with E-state index in [0.29, 0.717) is 0 Å². The molecule has 0 fully saturated rings. The van der Waals surface area contributed by atoms with Gasteiger partial charge in [-0.2, -0.15) is 0 Å². The average Bonchev–Trinajstić information content (AvgIpc) is 2.68. The summed E-state index contributed by atoms with van der Waals surface area (Å²) < 4.78 is 0. The number of allylic oxidation sites excluding steroid dienone is 1. The SMILES string of the molecule is C=Nc1c(/C=C\C)c2nc(-c3ccccc3)ccc2c2cccnc12. The van der Waals surface area contributed by atoms with Crippen LogP contribution in [0.25, 0.3) is 39.1 Å². The number of aliphatic imine (C=N–C) groups is 1. The first kappa shape index (κ1) is 15.2. The van der Waals surface area contributed by atoms with E-state index >= 15 is 0 Å². The standard InChI is InChI=1S/C22H17N3/c1-3-8-18-20-17(16-11-7-14-24-22(16)21(18)23-2)12-13-19(25-20)15-9-5-4-6-10-15/h3-14H,2H2,1H3/b8-3-. The Morgan fingerprint density at radius 1 is 0.920 bits per heavy atom. The molecule has 0 bridgehead atoms. The van der Waals surface area contributed by atoms with Gasteiger partial charge in [0.1, 0.15) is 0 Å². The molecular formula is C22H17N3. The van der Waals surface area contributed by atoms with Crippen LogP contribution in [0.15, 0.2) is 71.9 Å². The van der Waals surface area contributed by atoms with Crippen molar-refractivity contribution in [1.29, 1.82) is 0 Å². The fraction of sp³-hybridized carbons (Fsp3) is 0.0455. The molecule has 0 aliphatic rings. The molecule has 0 radical (unpaired) electrons. The number of benzene rings is 2. The van der Waals surface area contributed by atoms with Gasteiger partial charge >= 0.3 is 0 Å². The van der Waals surface area contributed by atoms with Gasteiger partial charge in [0, 0.05) is 28.1 Å². The summed E-state index contributed by atoms with van der Waals surface area (Å²) in [6.45, 7) is 5.75. The first-order chi connectivity index (χ1) is 12.3. The summed E-state index contributed by atoms with van der Waals surface area (Å²) in [7, 11) is 0. The number of aromatic nitrogens is 2. The van der Waals surface area contributed by atoms with Crippen LogP contribution in [0.2, 0.25) is 0 Å². The van der Waals surface area contributed by atoms with Crippen molar-refractivity contribution in [2.45, 2.75) is 6.92 Å². The van der Waals surface area contributed by atoms with Gasteiger partial charge in [-0.25, -0.2) is 4.98 Å². The molecule has 0 amide bonds. The molecule has 0 saturated heterocycles. The highest BCUT2D eigenvalue weighted by Crippen LogP contribution is 2.37. The molecule has 120 valence electrons. The molecule has 25 heavy (non-hydrogen) atoms. The molecule has 3 nitrogen and oxygen atoms in total. The van der Waals surface area contributed by atoms with Crippen LogP contribution >= 0.6 is 0 Å². The molecule has 3 heteroatoms. The summed E-state index contributed by atoms with van der Waals surface area (Å²) in [5.41, 5.74) is 5.54. The molecule has 0 N–H and O–H groups in total. The predicted octanol–water partition coefficient (Wildman–Crippen LogP) is 5.82. The fourth-order valence-corrected chi connectivity index (χ4v) is 3.19. The minimum Gasteiger partial charge on any atom is -0.262 e. The third-order valence-electron chi connectivity index (χ3n) is 4.29. The van der Waals surface area contributed by atoms with Crippen LogP contribution < -0.4 is 0 Å². The van der Waals surface area contributed by atoms with E-state index in [0.717, 1.165) is 44.3 Å². The second-order valence-corrected chi connectivity index (χ2v) is 5.78. The minimum absolute atomic E-state index is 0.777. The molecule has 2 aromatic heterocycles. The largest absolute Gasteiger partial charge is 0.262 e. The van der Waals surface area contributed by atoms with E-state index in [2.05, 4.69) is 47.0 Å². The Labute approximate surface area is 146 Å². The molecule has 0 aliphatic carbocycles. The Balaban J connectivity index is 2.15. The van der Waals surface area contributed by atoms with Gasteiger partial charge in [0.25, 0.3) is 0 Å². The van der Waals surface area contributed by atoms with Crippen LogP contribution in [-0.4, -0.2) is 16.7 Å². The van der Waals surface area contributed by atoms with E-state index in [1.807, 2.05) is 43.3 Å². The molecule has 0 unspecified atom stereocenters. The van der Waals surface area contributed by atoms with Crippen LogP contribution in [-0.2, 0) is 0 Å². The van der Waals surface area contributed by atoms with E-state index in [1.165, 1.54) is 0 Å². The number of pyridine rings is 2. The summed E-state index contributed by atoms with van der Waals surface area (Å²) in [6, 6.07) is 18.4. The number of fused-ring (bicyclic) bond motifs is 3. The highest BCUT2D eigenvalue weighted by Gasteiger charge is 2.14. The van der Waals surface area contributed by atoms with Crippen molar-refractivity contribution >= 4 is 40.3 Å². The van der Waals surface area contributed by atoms with Gasteiger partial charge in [-0.05, 0) is 31.8 Å². The summed E-state index contributed by atoms with van der Waals surface area (Å²) in [4.78, 5) is 13.8. The Hall–Kier alpha value is -3.33. The quantitative estimate of drug-likeness (QED) is 0.352. The van der Waals surface area contributed by atoms with Crippen LogP contribution in [0.4, 0.5) is 5.69 Å². The Morgan fingerprint density at radius 2 is 1.72 bits per heavy atom. The Bertz CT molecular complexity index is 1110. The van der Waals surface area contributed by atoms with Gasteiger partial charge in [-0.3, -0.25) is 9.98 Å². The van der Waals surface area contributed by atoms with E-state index < -0.39 is 0 Å². The van der Waals surface area contributed by atoms with Crippen LogP contribution in [0.5, 0.6) is 0 Å². The minimum atomic E-state index is 0.777. The first-order valence-corrected chi connectivity index (χ1v) is 8.19. The van der Waals surface area contributed by atoms with E-state index in [4.69, 9.17) is 4.98 Å². The molecule has 4 rings (SSSR count). The van der Waals surface area contributed by atoms with Crippen molar-refractivity contribution in [3.8, 4) is 11.3 Å². The van der Waals surface area contributed by atoms with E-state index in [1.54, 1.807) is 6.20 Å². The zero-order chi connectivity index (χ0) is 17.2. The van der Waals surface area contributed by atoms with Crippen molar-refractivity contribution in [2.24, 2.45) is 4.99 Å². The van der Waals surface area contributed by atoms with Crippen LogP contribution in [0.1, 0.15) is 12.5 Å². The lowest BCUT2D eigenvalue weighted by atomic mass is 10.00. The maximum absolute atomic E-state index is 4.96. The average molecular weight is 323 g/mol. The fourth-order valence-electron chi connectivity index (χ4n) is 3.19. The maximum atomic E-state index is 4.96. The molecule has 0 aliphatic heterocycles. The van der Waals surface area contributed by atoms with Crippen LogP contribution in [0, 0.1) is 0 Å². The monoisotopic (exact) mass is 323 g/mol. The van der Waals surface area contributed by atoms with Gasteiger partial charge in [0.2, 0.25) is 0 Å². The van der Waals surface area contributed by atoms with Gasteiger partial charge in [0.15, 0.2) is 0 Å². The van der Waals surface area contributed by atoms with Gasteiger partial charge in [0.05, 0.1) is 22.4 Å². The van der Waals surface area contributed by atoms with Crippen molar-refractivity contribution < 1.29 is 0 Å². The maximum Gasteiger partial charge on any atom is 0.0979 e. The smallest absolute Gasteiger partial charge is 0.0979 e. The van der Waals surface area contributed by atoms with Crippen molar-refractivity contribution in [3.05, 3.63) is 72.4 Å². The molecule has 0 spiro atoms. The topological polar surface area (TPSA) is 38.1 Å². The molecule has 0 atom stereocenters. The normalized spacial score (nSPS) is 11.4. The Morgan fingerprint density at radius 3 is 2.48 bits per heavy atom. The summed E-state index contributed by atoms with van der Waals surface area (Å²) in [5.74, 6) is 0. The summed E-state index contributed by atoms with van der Waals surface area (Å²) in [5, 5.41) is 2.11. The molecule has 4 aromatic rings. The third-order valence-corrected chi connectivity index (χ3v) is 4.29. The number of nitrogens with zero attached hydrogens (tertiary/aromatic N) is 3. The summed E-state index contributed by atoms with van der Waals surface area (Å²) >= 11 is 0. The van der Waals surface area contributed by atoms with Gasteiger partial charge in [-0.1, -0.05) is 48.6 Å².